The minimum absolute atomic E-state index is 0.0378. The lowest BCUT2D eigenvalue weighted by molar-refractivity contribution is -0.126. The first-order valence-corrected chi connectivity index (χ1v) is 5.99. The number of hydrogen-bond acceptors (Lipinski definition) is 3. The highest BCUT2D eigenvalue weighted by Crippen LogP contribution is 2.19. The summed E-state index contributed by atoms with van der Waals surface area (Å²) in [7, 11) is 0. The zero-order valence-electron chi connectivity index (χ0n) is 10.4. The number of nitriles is 1. The van der Waals surface area contributed by atoms with Gasteiger partial charge in [-0.1, -0.05) is 13.8 Å². The van der Waals surface area contributed by atoms with Gasteiger partial charge in [0.25, 0.3) is 0 Å². The molecule has 0 radical (unpaired) electrons. The van der Waals surface area contributed by atoms with Gasteiger partial charge in [-0.25, -0.2) is 0 Å². The third kappa shape index (κ3) is 3.21. The topological polar surface area (TPSA) is 56.1 Å². The van der Waals surface area contributed by atoms with Crippen molar-refractivity contribution >= 4 is 5.91 Å². The number of carbonyl (C=O) groups is 1. The molecule has 4 heteroatoms. The molecule has 4 nitrogen and oxygen atoms in total. The zero-order chi connectivity index (χ0) is 12.1. The maximum absolute atomic E-state index is 11.8. The van der Waals surface area contributed by atoms with Crippen LogP contribution >= 0.6 is 0 Å². The molecule has 1 heterocycles. The summed E-state index contributed by atoms with van der Waals surface area (Å²) in [6, 6.07) is 1.99. The zero-order valence-corrected chi connectivity index (χ0v) is 10.4. The molecule has 1 saturated heterocycles. The van der Waals surface area contributed by atoms with E-state index in [2.05, 4.69) is 25.2 Å². The van der Waals surface area contributed by atoms with Crippen molar-refractivity contribution in [1.29, 1.82) is 5.26 Å². The fourth-order valence-corrected chi connectivity index (χ4v) is 1.99. The second kappa shape index (κ2) is 5.86. The van der Waals surface area contributed by atoms with Gasteiger partial charge in [0.2, 0.25) is 5.91 Å². The van der Waals surface area contributed by atoms with Crippen LogP contribution in [0.1, 0.15) is 33.6 Å². The summed E-state index contributed by atoms with van der Waals surface area (Å²) in [6.45, 7) is 7.58. The molecule has 1 fully saturated rings. The number of likely N-dealkylation sites (tertiary alicyclic amines) is 1. The molecule has 0 spiro atoms. The summed E-state index contributed by atoms with van der Waals surface area (Å²) in [6.07, 6.45) is 1.90. The van der Waals surface area contributed by atoms with E-state index in [1.165, 1.54) is 0 Å². The number of amides is 1. The van der Waals surface area contributed by atoms with Crippen LogP contribution < -0.4 is 5.32 Å². The Labute approximate surface area is 97.6 Å². The second-order valence-corrected chi connectivity index (χ2v) is 4.84. The quantitative estimate of drug-likeness (QED) is 0.777. The Morgan fingerprint density at radius 3 is 2.81 bits per heavy atom. The van der Waals surface area contributed by atoms with Gasteiger partial charge in [-0.2, -0.15) is 5.26 Å². The Morgan fingerprint density at radius 1 is 1.56 bits per heavy atom. The molecule has 0 saturated carbocycles. The molecule has 1 amide bonds. The van der Waals surface area contributed by atoms with E-state index in [1.807, 2.05) is 11.8 Å². The molecule has 1 rings (SSSR count). The van der Waals surface area contributed by atoms with Crippen LogP contribution in [0, 0.1) is 17.2 Å². The summed E-state index contributed by atoms with van der Waals surface area (Å²) in [5.74, 6) is 0.498. The second-order valence-electron chi connectivity index (χ2n) is 4.84. The molecule has 90 valence electrons. The van der Waals surface area contributed by atoms with Gasteiger partial charge in [0.15, 0.2) is 0 Å². The minimum Gasteiger partial charge on any atom is -0.354 e. The average molecular weight is 223 g/mol. The summed E-state index contributed by atoms with van der Waals surface area (Å²) in [5, 5.41) is 11.9. The molecule has 0 aromatic rings. The number of carbonyl (C=O) groups excluding carboxylic acids is 1. The summed E-state index contributed by atoms with van der Waals surface area (Å²) >= 11 is 0. The smallest absolute Gasteiger partial charge is 0.237 e. The van der Waals surface area contributed by atoms with Crippen molar-refractivity contribution in [3.8, 4) is 6.07 Å². The normalized spacial score (nSPS) is 23.1. The van der Waals surface area contributed by atoms with Crippen LogP contribution in [0.4, 0.5) is 0 Å². The molecular formula is C12H21N3O. The van der Waals surface area contributed by atoms with Crippen molar-refractivity contribution in [3.63, 3.8) is 0 Å². The van der Waals surface area contributed by atoms with E-state index in [-0.39, 0.29) is 18.0 Å². The van der Waals surface area contributed by atoms with Crippen molar-refractivity contribution in [1.82, 2.24) is 10.2 Å². The Balaban J connectivity index is 2.47. The van der Waals surface area contributed by atoms with Gasteiger partial charge in [0.1, 0.15) is 0 Å². The van der Waals surface area contributed by atoms with Crippen molar-refractivity contribution < 1.29 is 4.79 Å². The molecular weight excluding hydrogens is 202 g/mol. The molecule has 0 bridgehead atoms. The van der Waals surface area contributed by atoms with Crippen molar-refractivity contribution in [2.75, 3.05) is 13.1 Å². The fraction of sp³-hybridized carbons (Fsp3) is 0.833. The van der Waals surface area contributed by atoms with Gasteiger partial charge in [-0.15, -0.1) is 0 Å². The first-order chi connectivity index (χ1) is 7.56. The van der Waals surface area contributed by atoms with Gasteiger partial charge in [0.05, 0.1) is 18.2 Å². The highest BCUT2D eigenvalue weighted by Gasteiger charge is 2.31. The van der Waals surface area contributed by atoms with Crippen LogP contribution in [0.25, 0.3) is 0 Å². The number of nitrogens with zero attached hydrogens (tertiary/aromatic N) is 2. The predicted octanol–water partition coefficient (Wildman–Crippen LogP) is 1.14. The van der Waals surface area contributed by atoms with Gasteiger partial charge in [-0.3, -0.25) is 9.69 Å². The Hall–Kier alpha value is -1.08. The first-order valence-electron chi connectivity index (χ1n) is 5.99. The van der Waals surface area contributed by atoms with Crippen molar-refractivity contribution in [2.24, 2.45) is 5.92 Å². The molecule has 1 aliphatic rings. The van der Waals surface area contributed by atoms with Crippen LogP contribution in [-0.4, -0.2) is 36.0 Å². The molecule has 2 unspecified atom stereocenters. The van der Waals surface area contributed by atoms with E-state index < -0.39 is 0 Å². The monoisotopic (exact) mass is 223 g/mol. The van der Waals surface area contributed by atoms with E-state index in [0.717, 1.165) is 19.4 Å². The maximum atomic E-state index is 11.8. The molecule has 16 heavy (non-hydrogen) atoms. The fourth-order valence-electron chi connectivity index (χ4n) is 1.99. The highest BCUT2D eigenvalue weighted by molar-refractivity contribution is 5.81. The van der Waals surface area contributed by atoms with Crippen molar-refractivity contribution in [3.05, 3.63) is 0 Å². The standard InChI is InChI=1S/C12H21N3O/c1-9(2)8-14-12(16)10(3)15-6-4-5-11(15)7-13/h9-11H,4-6,8H2,1-3H3,(H,14,16). The Morgan fingerprint density at radius 2 is 2.25 bits per heavy atom. The summed E-state index contributed by atoms with van der Waals surface area (Å²) in [4.78, 5) is 13.8. The number of rotatable bonds is 4. The van der Waals surface area contributed by atoms with E-state index in [9.17, 15) is 4.79 Å². The molecule has 2 atom stereocenters. The Kier molecular flexibility index (Phi) is 4.75. The molecule has 0 aromatic heterocycles. The molecule has 1 aliphatic heterocycles. The molecule has 0 aromatic carbocycles. The van der Waals surface area contributed by atoms with Crippen LogP contribution in [0.3, 0.4) is 0 Å². The van der Waals surface area contributed by atoms with E-state index in [1.54, 1.807) is 0 Å². The SMILES string of the molecule is CC(C)CNC(=O)C(C)N1CCCC1C#N. The van der Waals surface area contributed by atoms with Gasteiger partial charge in [0, 0.05) is 13.1 Å². The highest BCUT2D eigenvalue weighted by atomic mass is 16.2. The summed E-state index contributed by atoms with van der Waals surface area (Å²) in [5.41, 5.74) is 0. The number of hydrogen-bond donors (Lipinski definition) is 1. The van der Waals surface area contributed by atoms with Crippen LogP contribution in [0.2, 0.25) is 0 Å². The molecule has 1 N–H and O–H groups in total. The average Bonchev–Trinajstić information content (AvgIpc) is 2.72. The van der Waals surface area contributed by atoms with Crippen LogP contribution in [0.5, 0.6) is 0 Å². The van der Waals surface area contributed by atoms with E-state index >= 15 is 0 Å². The summed E-state index contributed by atoms with van der Waals surface area (Å²) < 4.78 is 0. The van der Waals surface area contributed by atoms with Gasteiger partial charge < -0.3 is 5.32 Å². The van der Waals surface area contributed by atoms with Crippen LogP contribution in [0.15, 0.2) is 0 Å². The first kappa shape index (κ1) is 13.0. The van der Waals surface area contributed by atoms with Gasteiger partial charge in [-0.05, 0) is 25.7 Å². The maximum Gasteiger partial charge on any atom is 0.237 e. The lowest BCUT2D eigenvalue weighted by Crippen LogP contribution is -2.47. The number of nitrogens with one attached hydrogen (secondary N) is 1. The van der Waals surface area contributed by atoms with E-state index in [4.69, 9.17) is 5.26 Å². The third-order valence-corrected chi connectivity index (χ3v) is 3.00. The van der Waals surface area contributed by atoms with Crippen LogP contribution in [-0.2, 0) is 4.79 Å². The lowest BCUT2D eigenvalue weighted by Gasteiger charge is -2.26. The molecule has 0 aliphatic carbocycles. The van der Waals surface area contributed by atoms with Gasteiger partial charge >= 0.3 is 0 Å². The lowest BCUT2D eigenvalue weighted by atomic mass is 10.2. The van der Waals surface area contributed by atoms with E-state index in [0.29, 0.717) is 12.5 Å². The largest absolute Gasteiger partial charge is 0.354 e. The predicted molar refractivity (Wildman–Crippen MR) is 62.7 cm³/mol. The Bertz CT molecular complexity index is 282. The minimum atomic E-state index is -0.189. The third-order valence-electron chi connectivity index (χ3n) is 3.00. The van der Waals surface area contributed by atoms with Crippen molar-refractivity contribution in [2.45, 2.75) is 45.7 Å².